The summed E-state index contributed by atoms with van der Waals surface area (Å²) in [5.74, 6) is 0. The topological polar surface area (TPSA) is 18.5 Å². The van der Waals surface area contributed by atoms with Crippen molar-refractivity contribution in [3.63, 3.8) is 0 Å². The Kier molecular flexibility index (Phi) is 7.20. The summed E-state index contributed by atoms with van der Waals surface area (Å²) in [6.07, 6.45) is 5.32. The molecule has 18 heavy (non-hydrogen) atoms. The Bertz CT molecular complexity index is 208. The molecule has 1 heterocycles. The van der Waals surface area contributed by atoms with Crippen LogP contribution in [0.25, 0.3) is 0 Å². The number of nitrogens with zero attached hydrogens (tertiary/aromatic N) is 2. The van der Waals surface area contributed by atoms with Crippen LogP contribution >= 0.6 is 0 Å². The Morgan fingerprint density at radius 1 is 1.17 bits per heavy atom. The van der Waals surface area contributed by atoms with Gasteiger partial charge in [-0.05, 0) is 58.3 Å². The lowest BCUT2D eigenvalue weighted by atomic mass is 9.81. The molecule has 0 saturated carbocycles. The number of likely N-dealkylation sites (tertiary alicyclic amines) is 1. The van der Waals surface area contributed by atoms with Crippen LogP contribution in [0.4, 0.5) is 0 Å². The Morgan fingerprint density at radius 2 is 1.78 bits per heavy atom. The van der Waals surface area contributed by atoms with E-state index in [1.807, 2.05) is 0 Å². The molecular weight excluding hydrogens is 222 g/mol. The molecule has 0 spiro atoms. The molecule has 0 atom stereocenters. The highest BCUT2D eigenvalue weighted by atomic mass is 15.2. The molecule has 1 aliphatic rings. The third-order valence-electron chi connectivity index (χ3n) is 4.65. The normalized spacial score (nSPS) is 17.8. The first-order valence-corrected chi connectivity index (χ1v) is 7.71. The summed E-state index contributed by atoms with van der Waals surface area (Å²) in [5.41, 5.74) is 0.453. The molecule has 0 aromatic carbocycles. The maximum atomic E-state index is 3.38. The molecule has 1 aliphatic heterocycles. The van der Waals surface area contributed by atoms with Gasteiger partial charge in [-0.25, -0.2) is 0 Å². The Balaban J connectivity index is 2.32. The van der Waals surface area contributed by atoms with Crippen molar-refractivity contribution < 1.29 is 0 Å². The molecule has 3 heteroatoms. The Hall–Kier alpha value is -0.120. The van der Waals surface area contributed by atoms with Gasteiger partial charge in [0.05, 0.1) is 0 Å². The second-order valence-corrected chi connectivity index (χ2v) is 6.02. The molecule has 108 valence electrons. The van der Waals surface area contributed by atoms with Crippen molar-refractivity contribution in [2.45, 2.75) is 39.5 Å². The van der Waals surface area contributed by atoms with E-state index in [2.05, 4.69) is 43.1 Å². The van der Waals surface area contributed by atoms with E-state index in [-0.39, 0.29) is 0 Å². The molecule has 0 aromatic rings. The predicted octanol–water partition coefficient (Wildman–Crippen LogP) is 2.04. The molecule has 0 aromatic heterocycles. The van der Waals surface area contributed by atoms with Crippen LogP contribution in [0.2, 0.25) is 0 Å². The SMILES string of the molecule is CCC(CC)(CNC)CN(C)CCN1CCCC1. The number of hydrogen-bond acceptors (Lipinski definition) is 3. The van der Waals surface area contributed by atoms with E-state index in [1.54, 1.807) is 0 Å². The average Bonchev–Trinajstić information content (AvgIpc) is 2.89. The van der Waals surface area contributed by atoms with E-state index in [4.69, 9.17) is 0 Å². The van der Waals surface area contributed by atoms with E-state index in [0.29, 0.717) is 5.41 Å². The number of nitrogens with one attached hydrogen (secondary N) is 1. The summed E-state index contributed by atoms with van der Waals surface area (Å²) in [5, 5.41) is 3.38. The summed E-state index contributed by atoms with van der Waals surface area (Å²) in [6, 6.07) is 0. The van der Waals surface area contributed by atoms with Crippen molar-refractivity contribution in [2.24, 2.45) is 5.41 Å². The minimum atomic E-state index is 0.453. The van der Waals surface area contributed by atoms with Gasteiger partial charge in [-0.2, -0.15) is 0 Å². The average molecular weight is 255 g/mol. The summed E-state index contributed by atoms with van der Waals surface area (Å²) < 4.78 is 0. The van der Waals surface area contributed by atoms with E-state index < -0.39 is 0 Å². The Labute approximate surface area is 114 Å². The monoisotopic (exact) mass is 255 g/mol. The highest BCUT2D eigenvalue weighted by Crippen LogP contribution is 2.26. The quantitative estimate of drug-likeness (QED) is 0.680. The summed E-state index contributed by atoms with van der Waals surface area (Å²) in [4.78, 5) is 5.14. The predicted molar refractivity (Wildman–Crippen MR) is 80.1 cm³/mol. The van der Waals surface area contributed by atoms with Crippen molar-refractivity contribution in [3.8, 4) is 0 Å². The first-order chi connectivity index (χ1) is 8.65. The van der Waals surface area contributed by atoms with Crippen LogP contribution in [0.5, 0.6) is 0 Å². The van der Waals surface area contributed by atoms with Crippen LogP contribution in [-0.4, -0.2) is 63.2 Å². The fraction of sp³-hybridized carbons (Fsp3) is 1.00. The van der Waals surface area contributed by atoms with E-state index in [9.17, 15) is 0 Å². The van der Waals surface area contributed by atoms with Crippen LogP contribution in [0.1, 0.15) is 39.5 Å². The minimum absolute atomic E-state index is 0.453. The highest BCUT2D eigenvalue weighted by Gasteiger charge is 2.27. The second-order valence-electron chi connectivity index (χ2n) is 6.02. The van der Waals surface area contributed by atoms with Gasteiger partial charge in [0, 0.05) is 26.2 Å². The zero-order valence-corrected chi connectivity index (χ0v) is 13.0. The first-order valence-electron chi connectivity index (χ1n) is 7.71. The van der Waals surface area contributed by atoms with Gasteiger partial charge in [-0.3, -0.25) is 0 Å². The molecule has 0 aliphatic carbocycles. The molecular formula is C15H33N3. The van der Waals surface area contributed by atoms with Crippen molar-refractivity contribution in [1.29, 1.82) is 0 Å². The van der Waals surface area contributed by atoms with Gasteiger partial charge in [0.25, 0.3) is 0 Å². The smallest absolute Gasteiger partial charge is 0.0109 e. The molecule has 0 unspecified atom stereocenters. The molecule has 1 rings (SSSR count). The van der Waals surface area contributed by atoms with Crippen LogP contribution in [-0.2, 0) is 0 Å². The van der Waals surface area contributed by atoms with E-state index in [1.165, 1.54) is 58.4 Å². The molecule has 1 fully saturated rings. The second kappa shape index (κ2) is 8.13. The highest BCUT2D eigenvalue weighted by molar-refractivity contribution is 4.82. The van der Waals surface area contributed by atoms with Crippen LogP contribution in [0.15, 0.2) is 0 Å². The van der Waals surface area contributed by atoms with Crippen molar-refractivity contribution in [3.05, 3.63) is 0 Å². The summed E-state index contributed by atoms with van der Waals surface area (Å²) >= 11 is 0. The van der Waals surface area contributed by atoms with E-state index >= 15 is 0 Å². The summed E-state index contributed by atoms with van der Waals surface area (Å²) in [7, 11) is 4.36. The fourth-order valence-corrected chi connectivity index (χ4v) is 3.12. The third kappa shape index (κ3) is 4.87. The van der Waals surface area contributed by atoms with Gasteiger partial charge in [-0.1, -0.05) is 13.8 Å². The standard InChI is InChI=1S/C15H33N3/c1-5-15(6-2,13-16-3)14-17(4)11-12-18-9-7-8-10-18/h16H,5-14H2,1-4H3. The molecule has 0 radical (unpaired) electrons. The van der Waals surface area contributed by atoms with Crippen LogP contribution < -0.4 is 5.32 Å². The maximum Gasteiger partial charge on any atom is 0.0109 e. The van der Waals surface area contributed by atoms with E-state index in [0.717, 1.165) is 6.54 Å². The van der Waals surface area contributed by atoms with Gasteiger partial charge in [0.1, 0.15) is 0 Å². The van der Waals surface area contributed by atoms with Crippen molar-refractivity contribution in [2.75, 3.05) is 53.4 Å². The fourth-order valence-electron chi connectivity index (χ4n) is 3.12. The lowest BCUT2D eigenvalue weighted by molar-refractivity contribution is 0.147. The number of likely N-dealkylation sites (N-methyl/N-ethyl adjacent to an activating group) is 1. The van der Waals surface area contributed by atoms with Crippen LogP contribution in [0, 0.1) is 5.41 Å². The Morgan fingerprint density at radius 3 is 2.28 bits per heavy atom. The van der Waals surface area contributed by atoms with Gasteiger partial charge >= 0.3 is 0 Å². The van der Waals surface area contributed by atoms with Gasteiger partial charge < -0.3 is 15.1 Å². The van der Waals surface area contributed by atoms with Crippen LogP contribution in [0.3, 0.4) is 0 Å². The van der Waals surface area contributed by atoms with Crippen molar-refractivity contribution >= 4 is 0 Å². The largest absolute Gasteiger partial charge is 0.319 e. The lowest BCUT2D eigenvalue weighted by Crippen LogP contribution is -2.43. The molecule has 1 saturated heterocycles. The van der Waals surface area contributed by atoms with Gasteiger partial charge in [0.2, 0.25) is 0 Å². The molecule has 0 amide bonds. The molecule has 3 nitrogen and oxygen atoms in total. The van der Waals surface area contributed by atoms with Crippen molar-refractivity contribution in [1.82, 2.24) is 15.1 Å². The summed E-state index contributed by atoms with van der Waals surface area (Å²) in [6.45, 7) is 12.1. The number of rotatable bonds is 9. The lowest BCUT2D eigenvalue weighted by Gasteiger charge is -2.36. The zero-order chi connectivity index (χ0) is 13.4. The number of hydrogen-bond donors (Lipinski definition) is 1. The minimum Gasteiger partial charge on any atom is -0.319 e. The third-order valence-corrected chi connectivity index (χ3v) is 4.65. The molecule has 1 N–H and O–H groups in total. The van der Waals surface area contributed by atoms with Gasteiger partial charge in [0.15, 0.2) is 0 Å². The maximum absolute atomic E-state index is 3.38. The van der Waals surface area contributed by atoms with Gasteiger partial charge in [-0.15, -0.1) is 0 Å². The molecule has 0 bridgehead atoms. The first kappa shape index (κ1) is 15.9. The zero-order valence-electron chi connectivity index (χ0n) is 13.0.